The molecule has 34 heavy (non-hydrogen) atoms. The van der Waals surface area contributed by atoms with Crippen molar-refractivity contribution in [3.05, 3.63) is 30.1 Å². The standard InChI is InChI=1S/C27H47N5O2/c33-27(30-24-25-11-9-14-28-23-25)29-15-7-2-1-3-8-17-32(26-12-5-4-6-13-26)18-10-16-31-19-21-34-22-20-31/h9,11,14,23,26H,1-8,10,12-13,15-22,24H2,(H2,29,30,33). The van der Waals surface area contributed by atoms with Gasteiger partial charge in [-0.15, -0.1) is 0 Å². The van der Waals surface area contributed by atoms with Gasteiger partial charge in [-0.2, -0.15) is 0 Å². The van der Waals surface area contributed by atoms with Crippen LogP contribution in [0.5, 0.6) is 0 Å². The highest BCUT2D eigenvalue weighted by Gasteiger charge is 2.21. The van der Waals surface area contributed by atoms with Crippen LogP contribution >= 0.6 is 0 Å². The lowest BCUT2D eigenvalue weighted by molar-refractivity contribution is 0.0348. The summed E-state index contributed by atoms with van der Waals surface area (Å²) in [5, 5.41) is 5.85. The fraction of sp³-hybridized carbons (Fsp3) is 0.778. The summed E-state index contributed by atoms with van der Waals surface area (Å²) < 4.78 is 5.48. The quantitative estimate of drug-likeness (QED) is 0.374. The fourth-order valence-electron chi connectivity index (χ4n) is 5.16. The van der Waals surface area contributed by atoms with Crippen molar-refractivity contribution in [2.45, 2.75) is 83.2 Å². The van der Waals surface area contributed by atoms with Gasteiger partial charge in [-0.3, -0.25) is 9.88 Å². The molecule has 1 aromatic rings. The average molecular weight is 474 g/mol. The molecule has 2 aliphatic rings. The normalized spacial score (nSPS) is 17.7. The first kappa shape index (κ1) is 26.9. The van der Waals surface area contributed by atoms with Gasteiger partial charge in [0, 0.05) is 44.6 Å². The second-order valence-electron chi connectivity index (χ2n) is 9.87. The third-order valence-electron chi connectivity index (χ3n) is 7.20. The molecule has 7 heteroatoms. The van der Waals surface area contributed by atoms with Gasteiger partial charge in [-0.25, -0.2) is 4.79 Å². The predicted molar refractivity (Wildman–Crippen MR) is 138 cm³/mol. The highest BCUT2D eigenvalue weighted by Crippen LogP contribution is 2.23. The van der Waals surface area contributed by atoms with E-state index >= 15 is 0 Å². The Bertz CT molecular complexity index is 648. The summed E-state index contributed by atoms with van der Waals surface area (Å²) >= 11 is 0. The minimum atomic E-state index is -0.0935. The first-order valence-electron chi connectivity index (χ1n) is 13.8. The number of ether oxygens (including phenoxy) is 1. The van der Waals surface area contributed by atoms with Crippen LogP contribution in [0.15, 0.2) is 24.5 Å². The molecule has 1 aromatic heterocycles. The Hall–Kier alpha value is -1.70. The third-order valence-corrected chi connectivity index (χ3v) is 7.20. The zero-order valence-corrected chi connectivity index (χ0v) is 21.2. The average Bonchev–Trinajstić information content (AvgIpc) is 2.89. The second kappa shape index (κ2) is 16.8. The van der Waals surface area contributed by atoms with Crippen LogP contribution in [-0.2, 0) is 11.3 Å². The smallest absolute Gasteiger partial charge is 0.315 e. The molecule has 0 radical (unpaired) electrons. The van der Waals surface area contributed by atoms with E-state index in [1.807, 2.05) is 12.1 Å². The maximum absolute atomic E-state index is 11.9. The van der Waals surface area contributed by atoms with Gasteiger partial charge in [0.15, 0.2) is 0 Å². The minimum absolute atomic E-state index is 0.0935. The molecule has 1 aliphatic carbocycles. The van der Waals surface area contributed by atoms with E-state index in [2.05, 4.69) is 25.4 Å². The molecule has 2 amide bonds. The van der Waals surface area contributed by atoms with E-state index in [4.69, 9.17) is 4.74 Å². The van der Waals surface area contributed by atoms with Gasteiger partial charge in [0.25, 0.3) is 0 Å². The maximum atomic E-state index is 11.9. The summed E-state index contributed by atoms with van der Waals surface area (Å²) in [4.78, 5) is 21.3. The van der Waals surface area contributed by atoms with Gasteiger partial charge in [0.05, 0.1) is 13.2 Å². The fourth-order valence-corrected chi connectivity index (χ4v) is 5.16. The van der Waals surface area contributed by atoms with Crippen LogP contribution in [0.4, 0.5) is 4.79 Å². The number of carbonyl (C=O) groups is 1. The highest BCUT2D eigenvalue weighted by atomic mass is 16.5. The van der Waals surface area contributed by atoms with Crippen LogP contribution in [0.1, 0.15) is 76.2 Å². The number of carbonyl (C=O) groups excluding carboxylic acids is 1. The monoisotopic (exact) mass is 473 g/mol. The Morgan fingerprint density at radius 1 is 1.00 bits per heavy atom. The van der Waals surface area contributed by atoms with Crippen molar-refractivity contribution in [3.63, 3.8) is 0 Å². The summed E-state index contributed by atoms with van der Waals surface area (Å²) in [6, 6.07) is 4.57. The van der Waals surface area contributed by atoms with E-state index in [1.54, 1.807) is 12.4 Å². The Morgan fingerprint density at radius 2 is 1.76 bits per heavy atom. The lowest BCUT2D eigenvalue weighted by atomic mass is 9.93. The summed E-state index contributed by atoms with van der Waals surface area (Å²) in [6.45, 7) is 8.99. The van der Waals surface area contributed by atoms with E-state index < -0.39 is 0 Å². The number of hydrogen-bond donors (Lipinski definition) is 2. The molecule has 7 nitrogen and oxygen atoms in total. The lowest BCUT2D eigenvalue weighted by Crippen LogP contribution is -2.41. The Labute approximate surface area is 207 Å². The first-order chi connectivity index (χ1) is 16.8. The van der Waals surface area contributed by atoms with Gasteiger partial charge in [-0.1, -0.05) is 44.6 Å². The largest absolute Gasteiger partial charge is 0.379 e. The molecular weight excluding hydrogens is 426 g/mol. The molecule has 2 fully saturated rings. The summed E-state index contributed by atoms with van der Waals surface area (Å²) in [5.41, 5.74) is 1.01. The van der Waals surface area contributed by atoms with Crippen molar-refractivity contribution in [2.24, 2.45) is 0 Å². The van der Waals surface area contributed by atoms with Gasteiger partial charge in [0.2, 0.25) is 0 Å². The van der Waals surface area contributed by atoms with Gasteiger partial charge in [0.1, 0.15) is 0 Å². The number of morpholine rings is 1. The van der Waals surface area contributed by atoms with Crippen LogP contribution in [0.25, 0.3) is 0 Å². The molecule has 0 atom stereocenters. The first-order valence-corrected chi connectivity index (χ1v) is 13.8. The molecule has 3 rings (SSSR count). The van der Waals surface area contributed by atoms with Gasteiger partial charge >= 0.3 is 6.03 Å². The van der Waals surface area contributed by atoms with Crippen molar-refractivity contribution < 1.29 is 9.53 Å². The molecule has 1 saturated heterocycles. The topological polar surface area (TPSA) is 69.7 Å². The Balaban J connectivity index is 1.21. The number of amides is 2. The molecule has 0 spiro atoms. The summed E-state index contributed by atoms with van der Waals surface area (Å²) in [6.07, 6.45) is 17.9. The Morgan fingerprint density at radius 3 is 2.56 bits per heavy atom. The summed E-state index contributed by atoms with van der Waals surface area (Å²) in [7, 11) is 0. The van der Waals surface area contributed by atoms with Crippen LogP contribution < -0.4 is 10.6 Å². The van der Waals surface area contributed by atoms with Crippen molar-refractivity contribution in [1.29, 1.82) is 0 Å². The van der Waals surface area contributed by atoms with Gasteiger partial charge in [-0.05, 0) is 63.4 Å². The molecule has 2 N–H and O–H groups in total. The predicted octanol–water partition coefficient (Wildman–Crippen LogP) is 4.19. The van der Waals surface area contributed by atoms with Crippen LogP contribution in [-0.4, -0.2) is 79.3 Å². The molecule has 0 aromatic carbocycles. The molecule has 192 valence electrons. The number of pyridine rings is 1. The van der Waals surface area contributed by atoms with Crippen molar-refractivity contribution in [1.82, 2.24) is 25.4 Å². The zero-order chi connectivity index (χ0) is 23.7. The van der Waals surface area contributed by atoms with E-state index in [9.17, 15) is 4.79 Å². The number of rotatable bonds is 15. The van der Waals surface area contributed by atoms with E-state index in [-0.39, 0.29) is 6.03 Å². The van der Waals surface area contributed by atoms with Crippen molar-refractivity contribution in [2.75, 3.05) is 52.5 Å². The van der Waals surface area contributed by atoms with E-state index in [0.717, 1.165) is 50.9 Å². The van der Waals surface area contributed by atoms with Crippen LogP contribution in [0.2, 0.25) is 0 Å². The molecule has 1 saturated carbocycles. The lowest BCUT2D eigenvalue weighted by Gasteiger charge is -2.35. The SMILES string of the molecule is O=C(NCCCCCCCN(CCCN1CCOCC1)C1CCCCC1)NCc1cccnc1. The maximum Gasteiger partial charge on any atom is 0.315 e. The van der Waals surface area contributed by atoms with E-state index in [0.29, 0.717) is 6.54 Å². The van der Waals surface area contributed by atoms with Crippen molar-refractivity contribution in [3.8, 4) is 0 Å². The zero-order valence-electron chi connectivity index (χ0n) is 21.2. The minimum Gasteiger partial charge on any atom is -0.379 e. The Kier molecular flexibility index (Phi) is 13.3. The molecule has 2 heterocycles. The van der Waals surface area contributed by atoms with Crippen LogP contribution in [0, 0.1) is 0 Å². The van der Waals surface area contributed by atoms with E-state index in [1.165, 1.54) is 83.8 Å². The second-order valence-corrected chi connectivity index (χ2v) is 9.87. The van der Waals surface area contributed by atoms with Crippen molar-refractivity contribution >= 4 is 6.03 Å². The summed E-state index contributed by atoms with van der Waals surface area (Å²) in [5.74, 6) is 0. The molecular formula is C27H47N5O2. The number of hydrogen-bond acceptors (Lipinski definition) is 5. The number of aromatic nitrogens is 1. The molecule has 0 bridgehead atoms. The highest BCUT2D eigenvalue weighted by molar-refractivity contribution is 5.73. The number of urea groups is 1. The molecule has 1 aliphatic heterocycles. The number of unbranched alkanes of at least 4 members (excludes halogenated alkanes) is 4. The number of nitrogens with zero attached hydrogens (tertiary/aromatic N) is 3. The van der Waals surface area contributed by atoms with Gasteiger partial charge < -0.3 is 20.3 Å². The van der Waals surface area contributed by atoms with Crippen LogP contribution in [0.3, 0.4) is 0 Å². The third kappa shape index (κ3) is 11.2. The molecule has 0 unspecified atom stereocenters. The number of nitrogens with one attached hydrogen (secondary N) is 2.